The van der Waals surface area contributed by atoms with Crippen LogP contribution < -0.4 is 4.74 Å². The maximum atomic E-state index is 5.50. The van der Waals surface area contributed by atoms with Crippen LogP contribution in [-0.4, -0.2) is 12.1 Å². The second-order valence-electron chi connectivity index (χ2n) is 5.61. The third kappa shape index (κ3) is 2.86. The molecule has 0 spiro atoms. The molecular weight excluding hydrogens is 338 g/mol. The summed E-state index contributed by atoms with van der Waals surface area (Å²) >= 11 is 3.64. The number of nitrogens with zero attached hydrogens (tertiary/aromatic N) is 1. The number of ether oxygens (including phenoxy) is 1. The van der Waals surface area contributed by atoms with Gasteiger partial charge in [0.15, 0.2) is 0 Å². The van der Waals surface area contributed by atoms with Gasteiger partial charge in [-0.3, -0.25) is 4.98 Å². The Labute approximate surface area is 139 Å². The zero-order chi connectivity index (χ0) is 15.7. The number of methoxy groups -OCH3 is 1. The zero-order valence-corrected chi connectivity index (χ0v) is 14.6. The number of hydrogen-bond donors (Lipinski definition) is 0. The maximum Gasteiger partial charge on any atom is 0.148 e. The number of hydrogen-bond acceptors (Lipinski definition) is 2. The molecule has 0 fully saturated rings. The van der Waals surface area contributed by atoms with Crippen molar-refractivity contribution in [3.05, 3.63) is 69.3 Å². The molecule has 0 saturated carbocycles. The summed E-state index contributed by atoms with van der Waals surface area (Å²) in [6.45, 7) is 4.14. The molecule has 0 saturated heterocycles. The number of aryl methyl sites for hydroxylation is 2. The van der Waals surface area contributed by atoms with E-state index in [1.54, 1.807) is 7.11 Å². The molecule has 112 valence electrons. The van der Waals surface area contributed by atoms with Gasteiger partial charge in [0.05, 0.1) is 7.11 Å². The molecule has 3 aromatic rings. The molecule has 3 rings (SSSR count). The number of halogens is 1. The smallest absolute Gasteiger partial charge is 0.148 e. The van der Waals surface area contributed by atoms with Crippen molar-refractivity contribution in [3.63, 3.8) is 0 Å². The standard InChI is InChI=1S/C19H18BrNO/c1-12-4-6-14(7-5-12)9-15-10-16-17(20)8-13(2)19(22-3)18(16)21-11-15/h4-8,10-11H,9H2,1-3H3. The van der Waals surface area contributed by atoms with Gasteiger partial charge in [-0.05, 0) is 49.1 Å². The third-order valence-corrected chi connectivity index (χ3v) is 4.51. The van der Waals surface area contributed by atoms with Gasteiger partial charge in [0, 0.05) is 16.1 Å². The van der Waals surface area contributed by atoms with Crippen molar-refractivity contribution in [1.29, 1.82) is 0 Å². The Morgan fingerprint density at radius 1 is 1.05 bits per heavy atom. The molecule has 0 amide bonds. The zero-order valence-electron chi connectivity index (χ0n) is 13.0. The summed E-state index contributed by atoms with van der Waals surface area (Å²) in [6.07, 6.45) is 2.82. The first-order valence-electron chi connectivity index (χ1n) is 7.26. The van der Waals surface area contributed by atoms with E-state index in [4.69, 9.17) is 4.74 Å². The monoisotopic (exact) mass is 355 g/mol. The molecular formula is C19H18BrNO. The molecule has 0 bridgehead atoms. The number of pyridine rings is 1. The van der Waals surface area contributed by atoms with Gasteiger partial charge in [-0.15, -0.1) is 0 Å². The maximum absolute atomic E-state index is 5.50. The quantitative estimate of drug-likeness (QED) is 0.642. The highest BCUT2D eigenvalue weighted by Crippen LogP contribution is 2.34. The highest BCUT2D eigenvalue weighted by atomic mass is 79.9. The summed E-state index contributed by atoms with van der Waals surface area (Å²) in [5.41, 5.74) is 5.76. The fourth-order valence-corrected chi connectivity index (χ4v) is 3.33. The molecule has 0 unspecified atom stereocenters. The second kappa shape index (κ2) is 6.09. The van der Waals surface area contributed by atoms with Crippen LogP contribution in [0.4, 0.5) is 0 Å². The Kier molecular flexibility index (Phi) is 4.16. The molecule has 0 aliphatic carbocycles. The highest BCUT2D eigenvalue weighted by Gasteiger charge is 2.11. The molecule has 1 heterocycles. The highest BCUT2D eigenvalue weighted by molar-refractivity contribution is 9.10. The number of benzene rings is 2. The van der Waals surface area contributed by atoms with E-state index in [9.17, 15) is 0 Å². The molecule has 3 heteroatoms. The largest absolute Gasteiger partial charge is 0.494 e. The lowest BCUT2D eigenvalue weighted by atomic mass is 10.0. The van der Waals surface area contributed by atoms with Gasteiger partial charge in [-0.25, -0.2) is 0 Å². The summed E-state index contributed by atoms with van der Waals surface area (Å²) in [5, 5.41) is 1.09. The van der Waals surface area contributed by atoms with Crippen LogP contribution in [-0.2, 0) is 6.42 Å². The van der Waals surface area contributed by atoms with E-state index in [1.165, 1.54) is 16.7 Å². The number of rotatable bonds is 3. The molecule has 2 nitrogen and oxygen atoms in total. The molecule has 1 aromatic heterocycles. The topological polar surface area (TPSA) is 22.1 Å². The van der Waals surface area contributed by atoms with Crippen molar-refractivity contribution in [3.8, 4) is 5.75 Å². The van der Waals surface area contributed by atoms with Gasteiger partial charge in [-0.1, -0.05) is 45.8 Å². The van der Waals surface area contributed by atoms with Crippen LogP contribution in [0.15, 0.2) is 47.1 Å². The van der Waals surface area contributed by atoms with Crippen LogP contribution >= 0.6 is 15.9 Å². The molecule has 2 aromatic carbocycles. The van der Waals surface area contributed by atoms with E-state index < -0.39 is 0 Å². The van der Waals surface area contributed by atoms with Crippen molar-refractivity contribution in [1.82, 2.24) is 4.98 Å². The van der Waals surface area contributed by atoms with Crippen LogP contribution in [0.2, 0.25) is 0 Å². The Balaban J connectivity index is 2.04. The van der Waals surface area contributed by atoms with E-state index in [0.717, 1.165) is 33.1 Å². The van der Waals surface area contributed by atoms with Gasteiger partial charge < -0.3 is 4.74 Å². The summed E-state index contributed by atoms with van der Waals surface area (Å²) in [4.78, 5) is 4.63. The van der Waals surface area contributed by atoms with Crippen LogP contribution in [0, 0.1) is 13.8 Å². The van der Waals surface area contributed by atoms with Crippen molar-refractivity contribution < 1.29 is 4.74 Å². The van der Waals surface area contributed by atoms with Crippen LogP contribution in [0.1, 0.15) is 22.3 Å². The van der Waals surface area contributed by atoms with Crippen LogP contribution in [0.3, 0.4) is 0 Å². The van der Waals surface area contributed by atoms with Gasteiger partial charge in [0.25, 0.3) is 0 Å². The minimum Gasteiger partial charge on any atom is -0.494 e. The first kappa shape index (κ1) is 15.0. The van der Waals surface area contributed by atoms with E-state index in [2.05, 4.69) is 64.2 Å². The third-order valence-electron chi connectivity index (χ3n) is 3.85. The first-order chi connectivity index (χ1) is 10.6. The average Bonchev–Trinajstić information content (AvgIpc) is 2.50. The van der Waals surface area contributed by atoms with E-state index in [-0.39, 0.29) is 0 Å². The lowest BCUT2D eigenvalue weighted by molar-refractivity contribution is 0.416. The van der Waals surface area contributed by atoms with Crippen molar-refractivity contribution in [2.45, 2.75) is 20.3 Å². The van der Waals surface area contributed by atoms with Crippen molar-refractivity contribution >= 4 is 26.8 Å². The fourth-order valence-electron chi connectivity index (χ4n) is 2.69. The normalized spacial score (nSPS) is 10.9. The van der Waals surface area contributed by atoms with E-state index in [0.29, 0.717) is 0 Å². The van der Waals surface area contributed by atoms with E-state index >= 15 is 0 Å². The fraction of sp³-hybridized carbons (Fsp3) is 0.211. The van der Waals surface area contributed by atoms with Crippen molar-refractivity contribution in [2.75, 3.05) is 7.11 Å². The van der Waals surface area contributed by atoms with Gasteiger partial charge in [-0.2, -0.15) is 0 Å². The Morgan fingerprint density at radius 3 is 2.45 bits per heavy atom. The number of fused-ring (bicyclic) bond motifs is 1. The van der Waals surface area contributed by atoms with Crippen LogP contribution in [0.5, 0.6) is 5.75 Å². The van der Waals surface area contributed by atoms with Crippen molar-refractivity contribution in [2.24, 2.45) is 0 Å². The minimum atomic E-state index is 0.847. The predicted octanol–water partition coefficient (Wildman–Crippen LogP) is 5.21. The van der Waals surface area contributed by atoms with Gasteiger partial charge in [0.1, 0.15) is 11.3 Å². The predicted molar refractivity (Wildman–Crippen MR) is 94.7 cm³/mol. The lowest BCUT2D eigenvalue weighted by Gasteiger charge is -2.11. The summed E-state index contributed by atoms with van der Waals surface area (Å²) in [6, 6.07) is 12.9. The molecule has 22 heavy (non-hydrogen) atoms. The summed E-state index contributed by atoms with van der Waals surface area (Å²) in [7, 11) is 1.69. The SMILES string of the molecule is COc1c(C)cc(Br)c2cc(Cc3ccc(C)cc3)cnc12. The molecule has 0 aliphatic rings. The average molecular weight is 356 g/mol. The minimum absolute atomic E-state index is 0.847. The van der Waals surface area contributed by atoms with Crippen LogP contribution in [0.25, 0.3) is 10.9 Å². The summed E-state index contributed by atoms with van der Waals surface area (Å²) in [5.74, 6) is 0.847. The first-order valence-corrected chi connectivity index (χ1v) is 8.05. The molecule has 0 radical (unpaired) electrons. The Morgan fingerprint density at radius 2 is 1.77 bits per heavy atom. The van der Waals surface area contributed by atoms with Gasteiger partial charge in [0.2, 0.25) is 0 Å². The second-order valence-corrected chi connectivity index (χ2v) is 6.46. The summed E-state index contributed by atoms with van der Waals surface area (Å²) < 4.78 is 6.56. The Hall–Kier alpha value is -1.87. The molecule has 0 N–H and O–H groups in total. The Bertz CT molecular complexity index is 825. The lowest BCUT2D eigenvalue weighted by Crippen LogP contribution is -1.95. The van der Waals surface area contributed by atoms with Gasteiger partial charge >= 0.3 is 0 Å². The molecule has 0 aliphatic heterocycles. The number of aromatic nitrogens is 1. The van der Waals surface area contributed by atoms with E-state index in [1.807, 2.05) is 13.1 Å². The molecule has 0 atom stereocenters.